The Morgan fingerprint density at radius 2 is 1.67 bits per heavy atom. The third-order valence-corrected chi connectivity index (χ3v) is 7.12. The molecule has 0 spiro atoms. The van der Waals surface area contributed by atoms with E-state index in [0.717, 1.165) is 40.1 Å². The second kappa shape index (κ2) is 9.86. The Balaban J connectivity index is 1.36. The normalized spacial score (nSPS) is 14.5. The molecule has 5 rings (SSSR count). The SMILES string of the molecule is Cc1sccc1-c1ccc2cc(O)ccc2c1Oc1ccc(OCCN2CCCCC2)cc1. The number of aromatic hydroxyl groups is 1. The van der Waals surface area contributed by atoms with Gasteiger partial charge in [-0.2, -0.15) is 0 Å². The monoisotopic (exact) mass is 459 g/mol. The summed E-state index contributed by atoms with van der Waals surface area (Å²) in [6.07, 6.45) is 3.95. The van der Waals surface area contributed by atoms with E-state index < -0.39 is 0 Å². The summed E-state index contributed by atoms with van der Waals surface area (Å²) in [5.41, 5.74) is 2.22. The smallest absolute Gasteiger partial charge is 0.143 e. The van der Waals surface area contributed by atoms with E-state index in [2.05, 4.69) is 29.3 Å². The summed E-state index contributed by atoms with van der Waals surface area (Å²) < 4.78 is 12.4. The van der Waals surface area contributed by atoms with E-state index in [1.165, 1.54) is 42.8 Å². The van der Waals surface area contributed by atoms with Crippen LogP contribution in [0.4, 0.5) is 0 Å². The molecule has 0 radical (unpaired) electrons. The first-order valence-electron chi connectivity index (χ1n) is 11.6. The number of ether oxygens (including phenoxy) is 2. The Morgan fingerprint density at radius 3 is 2.42 bits per heavy atom. The lowest BCUT2D eigenvalue weighted by Crippen LogP contribution is -2.33. The molecule has 2 heterocycles. The quantitative estimate of drug-likeness (QED) is 0.316. The molecular weight excluding hydrogens is 430 g/mol. The molecule has 0 amide bonds. The highest BCUT2D eigenvalue weighted by Gasteiger charge is 2.15. The summed E-state index contributed by atoms with van der Waals surface area (Å²) in [6, 6.07) is 19.5. The molecule has 170 valence electrons. The van der Waals surface area contributed by atoms with Gasteiger partial charge in [-0.15, -0.1) is 11.3 Å². The van der Waals surface area contributed by atoms with Crippen molar-refractivity contribution in [2.24, 2.45) is 0 Å². The molecule has 1 aliphatic heterocycles. The molecule has 4 aromatic rings. The van der Waals surface area contributed by atoms with Crippen molar-refractivity contribution < 1.29 is 14.6 Å². The molecule has 33 heavy (non-hydrogen) atoms. The predicted molar refractivity (Wildman–Crippen MR) is 136 cm³/mol. The van der Waals surface area contributed by atoms with Crippen molar-refractivity contribution in [2.75, 3.05) is 26.2 Å². The summed E-state index contributed by atoms with van der Waals surface area (Å²) in [6.45, 7) is 6.18. The maximum absolute atomic E-state index is 9.94. The first-order chi connectivity index (χ1) is 16.2. The molecule has 0 aliphatic carbocycles. The fourth-order valence-electron chi connectivity index (χ4n) is 4.47. The van der Waals surface area contributed by atoms with Gasteiger partial charge in [-0.25, -0.2) is 0 Å². The lowest BCUT2D eigenvalue weighted by molar-refractivity contribution is 0.183. The molecule has 0 atom stereocenters. The predicted octanol–water partition coefficient (Wildman–Crippen LogP) is 7.24. The summed E-state index contributed by atoms with van der Waals surface area (Å²) in [4.78, 5) is 3.73. The van der Waals surface area contributed by atoms with Gasteiger partial charge in [0.05, 0.1) is 0 Å². The highest BCUT2D eigenvalue weighted by molar-refractivity contribution is 7.10. The van der Waals surface area contributed by atoms with Crippen LogP contribution in [-0.4, -0.2) is 36.2 Å². The Kier molecular flexibility index (Phi) is 6.51. The fraction of sp³-hybridized carbons (Fsp3) is 0.286. The summed E-state index contributed by atoms with van der Waals surface area (Å²) in [7, 11) is 0. The summed E-state index contributed by atoms with van der Waals surface area (Å²) in [5, 5.41) is 14.0. The molecule has 4 nitrogen and oxygen atoms in total. The number of hydrogen-bond donors (Lipinski definition) is 1. The van der Waals surface area contributed by atoms with Crippen molar-refractivity contribution in [2.45, 2.75) is 26.2 Å². The number of aryl methyl sites for hydroxylation is 1. The zero-order valence-corrected chi connectivity index (χ0v) is 19.7. The van der Waals surface area contributed by atoms with Crippen LogP contribution in [0.25, 0.3) is 21.9 Å². The van der Waals surface area contributed by atoms with Crippen LogP contribution in [0.1, 0.15) is 24.1 Å². The van der Waals surface area contributed by atoms with Crippen molar-refractivity contribution in [3.63, 3.8) is 0 Å². The second-order valence-corrected chi connectivity index (χ2v) is 9.68. The second-order valence-electron chi connectivity index (χ2n) is 8.56. The fourth-order valence-corrected chi connectivity index (χ4v) is 5.19. The van der Waals surface area contributed by atoms with E-state index in [9.17, 15) is 5.11 Å². The minimum atomic E-state index is 0.249. The molecule has 1 aliphatic rings. The molecule has 0 bridgehead atoms. The molecule has 5 heteroatoms. The lowest BCUT2D eigenvalue weighted by atomic mass is 10.00. The highest BCUT2D eigenvalue weighted by atomic mass is 32.1. The van der Waals surface area contributed by atoms with E-state index in [4.69, 9.17) is 9.47 Å². The van der Waals surface area contributed by atoms with E-state index in [1.807, 2.05) is 36.4 Å². The Morgan fingerprint density at radius 1 is 0.879 bits per heavy atom. The number of likely N-dealkylation sites (tertiary alicyclic amines) is 1. The van der Waals surface area contributed by atoms with E-state index in [-0.39, 0.29) is 5.75 Å². The molecule has 1 N–H and O–H groups in total. The standard InChI is InChI=1S/C28H29NO3S/c1-20-25(13-18-33-20)27-11-5-21-19-22(30)6-12-26(21)28(27)32-24-9-7-23(8-10-24)31-17-16-29-14-3-2-4-15-29/h5-13,18-19,30H,2-4,14-17H2,1H3. The number of phenolic OH excluding ortho intramolecular Hbond substituents is 1. The molecule has 0 unspecified atom stereocenters. The van der Waals surface area contributed by atoms with Gasteiger partial charge in [0, 0.05) is 22.4 Å². The van der Waals surface area contributed by atoms with E-state index >= 15 is 0 Å². The van der Waals surface area contributed by atoms with Gasteiger partial charge in [-0.1, -0.05) is 12.5 Å². The molecule has 1 fully saturated rings. The number of nitrogens with zero attached hydrogens (tertiary/aromatic N) is 1. The number of rotatable bonds is 7. The van der Waals surface area contributed by atoms with Gasteiger partial charge in [0.25, 0.3) is 0 Å². The van der Waals surface area contributed by atoms with Crippen LogP contribution < -0.4 is 9.47 Å². The van der Waals surface area contributed by atoms with Crippen LogP contribution in [0.5, 0.6) is 23.0 Å². The minimum Gasteiger partial charge on any atom is -0.508 e. The van der Waals surface area contributed by atoms with Gasteiger partial charge in [-0.3, -0.25) is 4.90 Å². The highest BCUT2D eigenvalue weighted by Crippen LogP contribution is 2.42. The topological polar surface area (TPSA) is 41.9 Å². The number of hydrogen-bond acceptors (Lipinski definition) is 5. The first kappa shape index (κ1) is 21.8. The maximum atomic E-state index is 9.94. The third kappa shape index (κ3) is 5.00. The molecule has 1 aromatic heterocycles. The minimum absolute atomic E-state index is 0.249. The van der Waals surface area contributed by atoms with Crippen molar-refractivity contribution in [3.05, 3.63) is 70.9 Å². The van der Waals surface area contributed by atoms with Crippen molar-refractivity contribution in [1.82, 2.24) is 4.90 Å². The van der Waals surface area contributed by atoms with Crippen LogP contribution in [0.2, 0.25) is 0 Å². The zero-order valence-electron chi connectivity index (χ0n) is 18.9. The first-order valence-corrected chi connectivity index (χ1v) is 12.5. The van der Waals surface area contributed by atoms with Crippen LogP contribution in [-0.2, 0) is 0 Å². The number of piperidine rings is 1. The summed E-state index contributed by atoms with van der Waals surface area (Å²) >= 11 is 1.73. The Hall–Kier alpha value is -3.02. The lowest BCUT2D eigenvalue weighted by Gasteiger charge is -2.26. The van der Waals surface area contributed by atoms with Crippen LogP contribution >= 0.6 is 11.3 Å². The number of phenols is 1. The average molecular weight is 460 g/mol. The van der Waals surface area contributed by atoms with Gasteiger partial charge in [0.2, 0.25) is 0 Å². The van der Waals surface area contributed by atoms with Gasteiger partial charge in [-0.05, 0) is 104 Å². The zero-order chi connectivity index (χ0) is 22.6. The molecular formula is C28H29NO3S. The number of thiophene rings is 1. The van der Waals surface area contributed by atoms with Crippen molar-refractivity contribution in [1.29, 1.82) is 0 Å². The van der Waals surface area contributed by atoms with E-state index in [1.54, 1.807) is 23.5 Å². The Bertz CT molecular complexity index is 1230. The molecule has 1 saturated heterocycles. The number of benzene rings is 3. The van der Waals surface area contributed by atoms with Crippen LogP contribution in [0.15, 0.2) is 66.0 Å². The van der Waals surface area contributed by atoms with Gasteiger partial charge in [0.15, 0.2) is 0 Å². The van der Waals surface area contributed by atoms with Gasteiger partial charge >= 0.3 is 0 Å². The maximum Gasteiger partial charge on any atom is 0.143 e. The van der Waals surface area contributed by atoms with Crippen LogP contribution in [0, 0.1) is 6.92 Å². The average Bonchev–Trinajstić information content (AvgIpc) is 3.26. The van der Waals surface area contributed by atoms with Gasteiger partial charge in [0.1, 0.15) is 29.6 Å². The van der Waals surface area contributed by atoms with Crippen molar-refractivity contribution >= 4 is 22.1 Å². The summed E-state index contributed by atoms with van der Waals surface area (Å²) in [5.74, 6) is 2.66. The van der Waals surface area contributed by atoms with Crippen molar-refractivity contribution in [3.8, 4) is 34.1 Å². The number of fused-ring (bicyclic) bond motifs is 1. The largest absolute Gasteiger partial charge is 0.508 e. The third-order valence-electron chi connectivity index (χ3n) is 6.27. The van der Waals surface area contributed by atoms with Crippen LogP contribution in [0.3, 0.4) is 0 Å². The van der Waals surface area contributed by atoms with Gasteiger partial charge < -0.3 is 14.6 Å². The van der Waals surface area contributed by atoms with E-state index in [0.29, 0.717) is 6.61 Å². The Labute approximate surface area is 199 Å². The molecule has 3 aromatic carbocycles. The molecule has 0 saturated carbocycles.